The first kappa shape index (κ1) is 17.7. The normalized spacial score (nSPS) is 10.8. The summed E-state index contributed by atoms with van der Waals surface area (Å²) < 4.78 is 7.13. The van der Waals surface area contributed by atoms with Gasteiger partial charge in [0.2, 0.25) is 5.89 Å². The lowest BCUT2D eigenvalue weighted by molar-refractivity contribution is 0.0954. The van der Waals surface area contributed by atoms with Crippen LogP contribution in [-0.2, 0) is 6.42 Å². The summed E-state index contributed by atoms with van der Waals surface area (Å²) in [7, 11) is 0. The van der Waals surface area contributed by atoms with Gasteiger partial charge in [0.15, 0.2) is 0 Å². The van der Waals surface area contributed by atoms with Crippen molar-refractivity contribution in [2.24, 2.45) is 0 Å². The average Bonchev–Trinajstić information content (AvgIpc) is 3.41. The summed E-state index contributed by atoms with van der Waals surface area (Å²) in [6.07, 6.45) is 5.20. The van der Waals surface area contributed by atoms with E-state index in [0.29, 0.717) is 30.1 Å². The van der Waals surface area contributed by atoms with Crippen LogP contribution in [0.25, 0.3) is 17.1 Å². The number of aryl methyl sites for hydroxylation is 1. The number of hydrogen-bond acceptors (Lipinski definition) is 5. The zero-order chi connectivity index (χ0) is 19.3. The van der Waals surface area contributed by atoms with Gasteiger partial charge in [-0.05, 0) is 31.2 Å². The van der Waals surface area contributed by atoms with Gasteiger partial charge in [0.05, 0.1) is 16.9 Å². The maximum Gasteiger partial charge on any atom is 0.253 e. The highest BCUT2D eigenvalue weighted by atomic mass is 16.3. The summed E-state index contributed by atoms with van der Waals surface area (Å²) in [5.74, 6) is 0.409. The molecule has 4 aromatic rings. The zero-order valence-electron chi connectivity index (χ0n) is 15.4. The van der Waals surface area contributed by atoms with Crippen LogP contribution < -0.4 is 5.32 Å². The lowest BCUT2D eigenvalue weighted by Gasteiger charge is -2.09. The van der Waals surface area contributed by atoms with Gasteiger partial charge in [-0.15, -0.1) is 0 Å². The van der Waals surface area contributed by atoms with Crippen molar-refractivity contribution in [1.29, 1.82) is 0 Å². The summed E-state index contributed by atoms with van der Waals surface area (Å²) >= 11 is 0. The van der Waals surface area contributed by atoms with Gasteiger partial charge >= 0.3 is 0 Å². The minimum atomic E-state index is -0.173. The van der Waals surface area contributed by atoms with Crippen molar-refractivity contribution >= 4 is 5.91 Å². The Hall–Kier alpha value is -3.74. The summed E-state index contributed by atoms with van der Waals surface area (Å²) in [5.41, 5.74) is 4.13. The molecule has 0 atom stereocenters. The fourth-order valence-corrected chi connectivity index (χ4v) is 2.85. The maximum absolute atomic E-state index is 12.6. The van der Waals surface area contributed by atoms with E-state index in [1.807, 2.05) is 49.4 Å². The van der Waals surface area contributed by atoms with Crippen LogP contribution in [0.5, 0.6) is 0 Å². The SMILES string of the molecule is Cc1ccc(-c2nc(CCNC(=O)c3ccccc3-n3cncn3)co2)cc1. The van der Waals surface area contributed by atoms with Crippen molar-refractivity contribution in [2.45, 2.75) is 13.3 Å². The molecule has 0 aliphatic heterocycles. The molecule has 0 saturated heterocycles. The maximum atomic E-state index is 12.6. The molecule has 1 amide bonds. The van der Waals surface area contributed by atoms with Gasteiger partial charge in [0, 0.05) is 18.5 Å². The smallest absolute Gasteiger partial charge is 0.253 e. The van der Waals surface area contributed by atoms with E-state index in [4.69, 9.17) is 4.42 Å². The molecule has 7 nitrogen and oxygen atoms in total. The van der Waals surface area contributed by atoms with Crippen molar-refractivity contribution in [1.82, 2.24) is 25.1 Å². The van der Waals surface area contributed by atoms with Gasteiger partial charge < -0.3 is 9.73 Å². The predicted molar refractivity (Wildman–Crippen MR) is 104 cm³/mol. The topological polar surface area (TPSA) is 85.8 Å². The van der Waals surface area contributed by atoms with Crippen LogP contribution >= 0.6 is 0 Å². The molecule has 0 aliphatic rings. The van der Waals surface area contributed by atoms with E-state index < -0.39 is 0 Å². The average molecular weight is 373 g/mol. The van der Waals surface area contributed by atoms with E-state index in [9.17, 15) is 4.79 Å². The second kappa shape index (κ2) is 7.87. The van der Waals surface area contributed by atoms with Gasteiger partial charge in [-0.3, -0.25) is 4.79 Å². The monoisotopic (exact) mass is 373 g/mol. The number of nitrogens with zero attached hydrogens (tertiary/aromatic N) is 4. The first-order valence-corrected chi connectivity index (χ1v) is 8.94. The number of benzene rings is 2. The molecule has 0 aliphatic carbocycles. The number of nitrogens with one attached hydrogen (secondary N) is 1. The van der Waals surface area contributed by atoms with Crippen LogP contribution in [0, 0.1) is 6.92 Å². The molecule has 0 unspecified atom stereocenters. The van der Waals surface area contributed by atoms with Crippen molar-refractivity contribution in [3.05, 3.63) is 84.3 Å². The molecule has 28 heavy (non-hydrogen) atoms. The molecule has 0 saturated carbocycles. The Morgan fingerprint density at radius 2 is 1.96 bits per heavy atom. The molecular formula is C21H19N5O2. The molecule has 4 rings (SSSR count). The largest absolute Gasteiger partial charge is 0.444 e. The highest BCUT2D eigenvalue weighted by Gasteiger charge is 2.13. The molecule has 140 valence electrons. The standard InChI is InChI=1S/C21H19N5O2/c1-15-6-8-16(9-7-15)21-25-17(12-28-21)10-11-23-20(27)18-4-2-3-5-19(18)26-14-22-13-24-26/h2-9,12-14H,10-11H2,1H3,(H,23,27). The first-order valence-electron chi connectivity index (χ1n) is 8.94. The zero-order valence-corrected chi connectivity index (χ0v) is 15.4. The van der Waals surface area contributed by atoms with Crippen LogP contribution in [0.15, 0.2) is 71.9 Å². The predicted octanol–water partition coefficient (Wildman–Crippen LogP) is 3.20. The second-order valence-electron chi connectivity index (χ2n) is 6.37. The molecule has 7 heteroatoms. The number of aromatic nitrogens is 4. The number of oxazole rings is 1. The van der Waals surface area contributed by atoms with E-state index >= 15 is 0 Å². The third-order valence-electron chi connectivity index (χ3n) is 4.33. The molecule has 2 aromatic carbocycles. The van der Waals surface area contributed by atoms with Crippen molar-refractivity contribution in [2.75, 3.05) is 6.54 Å². The number of carbonyl (C=O) groups excluding carboxylic acids is 1. The molecule has 0 radical (unpaired) electrons. The van der Waals surface area contributed by atoms with E-state index in [1.54, 1.807) is 23.3 Å². The minimum Gasteiger partial charge on any atom is -0.444 e. The van der Waals surface area contributed by atoms with Crippen molar-refractivity contribution < 1.29 is 9.21 Å². The quantitative estimate of drug-likeness (QED) is 0.561. The van der Waals surface area contributed by atoms with E-state index in [1.165, 1.54) is 11.9 Å². The van der Waals surface area contributed by atoms with Gasteiger partial charge in [-0.2, -0.15) is 5.10 Å². The molecule has 0 bridgehead atoms. The number of para-hydroxylation sites is 1. The lowest BCUT2D eigenvalue weighted by Crippen LogP contribution is -2.27. The Balaban J connectivity index is 1.39. The number of amides is 1. The fourth-order valence-electron chi connectivity index (χ4n) is 2.85. The van der Waals surface area contributed by atoms with E-state index in [0.717, 1.165) is 11.3 Å². The summed E-state index contributed by atoms with van der Waals surface area (Å²) in [6.45, 7) is 2.48. The van der Waals surface area contributed by atoms with Crippen LogP contribution in [0.3, 0.4) is 0 Å². The van der Waals surface area contributed by atoms with Crippen LogP contribution in [0.4, 0.5) is 0 Å². The Morgan fingerprint density at radius 1 is 1.14 bits per heavy atom. The lowest BCUT2D eigenvalue weighted by atomic mass is 10.1. The molecule has 0 spiro atoms. The van der Waals surface area contributed by atoms with Crippen molar-refractivity contribution in [3.63, 3.8) is 0 Å². The van der Waals surface area contributed by atoms with Gasteiger partial charge in [-0.1, -0.05) is 29.8 Å². The molecule has 0 fully saturated rings. The molecule has 1 N–H and O–H groups in total. The fraction of sp³-hybridized carbons (Fsp3) is 0.143. The number of hydrogen-bond donors (Lipinski definition) is 1. The molecular weight excluding hydrogens is 354 g/mol. The first-order chi connectivity index (χ1) is 13.7. The van der Waals surface area contributed by atoms with Crippen LogP contribution in [0.2, 0.25) is 0 Å². The highest BCUT2D eigenvalue weighted by molar-refractivity contribution is 5.97. The van der Waals surface area contributed by atoms with Gasteiger partial charge in [0.25, 0.3) is 5.91 Å². The second-order valence-corrected chi connectivity index (χ2v) is 6.37. The summed E-state index contributed by atoms with van der Waals surface area (Å²) in [6, 6.07) is 15.3. The number of carbonyl (C=O) groups is 1. The highest BCUT2D eigenvalue weighted by Crippen LogP contribution is 2.19. The Morgan fingerprint density at radius 3 is 2.75 bits per heavy atom. The van der Waals surface area contributed by atoms with Crippen LogP contribution in [0.1, 0.15) is 21.6 Å². The van der Waals surface area contributed by atoms with E-state index in [2.05, 4.69) is 20.4 Å². The van der Waals surface area contributed by atoms with Gasteiger partial charge in [-0.25, -0.2) is 14.6 Å². The summed E-state index contributed by atoms with van der Waals surface area (Å²) in [5, 5.41) is 7.02. The third kappa shape index (κ3) is 3.83. The van der Waals surface area contributed by atoms with E-state index in [-0.39, 0.29) is 5.91 Å². The minimum absolute atomic E-state index is 0.173. The third-order valence-corrected chi connectivity index (χ3v) is 4.33. The Bertz CT molecular complexity index is 1070. The summed E-state index contributed by atoms with van der Waals surface area (Å²) in [4.78, 5) is 21.0. The molecule has 2 aromatic heterocycles. The number of rotatable bonds is 6. The Labute approximate surface area is 162 Å². The van der Waals surface area contributed by atoms with Gasteiger partial charge in [0.1, 0.15) is 18.9 Å². The molecule has 2 heterocycles. The van der Waals surface area contributed by atoms with Crippen LogP contribution in [-0.4, -0.2) is 32.2 Å². The van der Waals surface area contributed by atoms with Crippen molar-refractivity contribution in [3.8, 4) is 17.1 Å². The Kier molecular flexibility index (Phi) is 4.97.